The fraction of sp³-hybridized carbons (Fsp3) is 0.600. The van der Waals surface area contributed by atoms with Crippen molar-refractivity contribution in [1.82, 2.24) is 10.2 Å². The third-order valence-electron chi connectivity index (χ3n) is 4.09. The third kappa shape index (κ3) is 2.76. The Morgan fingerprint density at radius 1 is 1.21 bits per heavy atom. The zero-order valence-corrected chi connectivity index (χ0v) is 11.7. The molecule has 0 bridgehead atoms. The summed E-state index contributed by atoms with van der Waals surface area (Å²) in [4.78, 5) is 5.00. The number of hydrogen-bond acceptors (Lipinski definition) is 4. The molecule has 2 heterocycles. The highest BCUT2D eigenvalue weighted by Crippen LogP contribution is 2.31. The van der Waals surface area contributed by atoms with Gasteiger partial charge >= 0.3 is 0 Å². The second-order valence-corrected chi connectivity index (χ2v) is 5.36. The van der Waals surface area contributed by atoms with Gasteiger partial charge in [-0.1, -0.05) is 12.1 Å². The van der Waals surface area contributed by atoms with E-state index in [0.29, 0.717) is 0 Å². The number of nitrogens with one attached hydrogen (secondary N) is 1. The molecule has 4 heteroatoms. The van der Waals surface area contributed by atoms with Crippen molar-refractivity contribution in [2.24, 2.45) is 0 Å². The molecule has 0 radical (unpaired) electrons. The molecule has 4 nitrogen and oxygen atoms in total. The van der Waals surface area contributed by atoms with Crippen LogP contribution in [0.15, 0.2) is 18.2 Å². The van der Waals surface area contributed by atoms with Crippen molar-refractivity contribution in [3.63, 3.8) is 0 Å². The third-order valence-corrected chi connectivity index (χ3v) is 4.09. The van der Waals surface area contributed by atoms with E-state index in [1.54, 1.807) is 7.11 Å². The van der Waals surface area contributed by atoms with Crippen molar-refractivity contribution in [3.05, 3.63) is 29.3 Å². The molecule has 0 unspecified atom stereocenters. The van der Waals surface area contributed by atoms with E-state index in [-0.39, 0.29) is 0 Å². The summed E-state index contributed by atoms with van der Waals surface area (Å²) in [6, 6.07) is 6.76. The summed E-state index contributed by atoms with van der Waals surface area (Å²) in [6.45, 7) is 8.40. The molecule has 1 saturated heterocycles. The zero-order chi connectivity index (χ0) is 13.1. The van der Waals surface area contributed by atoms with Gasteiger partial charge in [0.15, 0.2) is 0 Å². The van der Waals surface area contributed by atoms with Crippen LogP contribution in [0.1, 0.15) is 11.1 Å². The lowest BCUT2D eigenvalue weighted by Crippen LogP contribution is -2.43. The molecule has 0 aromatic heterocycles. The first-order valence-electron chi connectivity index (χ1n) is 7.16. The van der Waals surface area contributed by atoms with Crippen molar-refractivity contribution in [2.45, 2.75) is 13.1 Å². The average Bonchev–Trinajstić information content (AvgIpc) is 2.88. The van der Waals surface area contributed by atoms with E-state index in [4.69, 9.17) is 4.74 Å². The Morgan fingerprint density at radius 2 is 2.05 bits per heavy atom. The molecule has 2 aliphatic rings. The van der Waals surface area contributed by atoms with Crippen LogP contribution < -0.4 is 10.2 Å². The average molecular weight is 261 g/mol. The Bertz CT molecular complexity index is 429. The maximum atomic E-state index is 5.19. The van der Waals surface area contributed by atoms with E-state index in [1.807, 2.05) is 0 Å². The molecule has 104 valence electrons. The second-order valence-electron chi connectivity index (χ2n) is 5.36. The minimum atomic E-state index is 0.816. The van der Waals surface area contributed by atoms with E-state index in [0.717, 1.165) is 52.4 Å². The quantitative estimate of drug-likeness (QED) is 0.877. The van der Waals surface area contributed by atoms with Crippen LogP contribution in [0.5, 0.6) is 0 Å². The molecule has 0 atom stereocenters. The lowest BCUT2D eigenvalue weighted by atomic mass is 10.1. The van der Waals surface area contributed by atoms with Gasteiger partial charge in [-0.3, -0.25) is 4.90 Å². The predicted octanol–water partition coefficient (Wildman–Crippen LogP) is 1.06. The van der Waals surface area contributed by atoms with Gasteiger partial charge in [-0.2, -0.15) is 0 Å². The standard InChI is InChI=1S/C15H23N3O/c1-19-10-9-17-11-13-3-2-4-15(14(13)12-17)18-7-5-16-6-8-18/h2-4,16H,5-12H2,1H3. The minimum absolute atomic E-state index is 0.816. The van der Waals surface area contributed by atoms with Gasteiger partial charge < -0.3 is 15.0 Å². The van der Waals surface area contributed by atoms with E-state index in [1.165, 1.54) is 16.8 Å². The van der Waals surface area contributed by atoms with Crippen LogP contribution in [-0.4, -0.2) is 51.3 Å². The zero-order valence-electron chi connectivity index (χ0n) is 11.7. The maximum Gasteiger partial charge on any atom is 0.0589 e. The molecule has 1 aromatic carbocycles. The lowest BCUT2D eigenvalue weighted by molar-refractivity contribution is 0.147. The number of hydrogen-bond donors (Lipinski definition) is 1. The molecule has 3 rings (SSSR count). The van der Waals surface area contributed by atoms with Crippen molar-refractivity contribution in [3.8, 4) is 0 Å². The van der Waals surface area contributed by atoms with Gasteiger partial charge in [0.25, 0.3) is 0 Å². The van der Waals surface area contributed by atoms with E-state index >= 15 is 0 Å². The van der Waals surface area contributed by atoms with Crippen molar-refractivity contribution in [1.29, 1.82) is 0 Å². The van der Waals surface area contributed by atoms with Crippen LogP contribution in [0.2, 0.25) is 0 Å². The molecule has 2 aliphatic heterocycles. The number of rotatable bonds is 4. The van der Waals surface area contributed by atoms with Crippen molar-refractivity contribution < 1.29 is 4.74 Å². The molecule has 1 fully saturated rings. The highest BCUT2D eigenvalue weighted by molar-refractivity contribution is 5.58. The van der Waals surface area contributed by atoms with Gasteiger partial charge in [-0.05, 0) is 17.2 Å². The van der Waals surface area contributed by atoms with Gasteiger partial charge in [0.1, 0.15) is 0 Å². The molecule has 0 amide bonds. The maximum absolute atomic E-state index is 5.19. The second kappa shape index (κ2) is 5.90. The Hall–Kier alpha value is -1.10. The number of methoxy groups -OCH3 is 1. The fourth-order valence-electron chi connectivity index (χ4n) is 3.05. The SMILES string of the molecule is COCCN1Cc2cccc(N3CCNCC3)c2C1. The molecule has 19 heavy (non-hydrogen) atoms. The van der Waals surface area contributed by atoms with Crippen LogP contribution in [0.4, 0.5) is 5.69 Å². The number of ether oxygens (including phenoxy) is 1. The number of fused-ring (bicyclic) bond motifs is 1. The number of anilines is 1. The Morgan fingerprint density at radius 3 is 2.84 bits per heavy atom. The highest BCUT2D eigenvalue weighted by atomic mass is 16.5. The Labute approximate surface area is 115 Å². The van der Waals surface area contributed by atoms with Gasteiger partial charge in [0.05, 0.1) is 6.61 Å². The summed E-state index contributed by atoms with van der Waals surface area (Å²) in [7, 11) is 1.77. The lowest BCUT2D eigenvalue weighted by Gasteiger charge is -2.31. The smallest absolute Gasteiger partial charge is 0.0589 e. The summed E-state index contributed by atoms with van der Waals surface area (Å²) >= 11 is 0. The fourth-order valence-corrected chi connectivity index (χ4v) is 3.05. The number of nitrogens with zero attached hydrogens (tertiary/aromatic N) is 2. The first-order valence-corrected chi connectivity index (χ1v) is 7.16. The van der Waals surface area contributed by atoms with Crippen LogP contribution in [-0.2, 0) is 17.8 Å². The molecule has 0 saturated carbocycles. The minimum Gasteiger partial charge on any atom is -0.383 e. The van der Waals surface area contributed by atoms with Crippen LogP contribution >= 0.6 is 0 Å². The highest BCUT2D eigenvalue weighted by Gasteiger charge is 2.23. The first-order chi connectivity index (χ1) is 9.38. The van der Waals surface area contributed by atoms with E-state index in [2.05, 4.69) is 33.3 Å². The molecular formula is C15H23N3O. The van der Waals surface area contributed by atoms with Gasteiger partial charge in [-0.25, -0.2) is 0 Å². The Kier molecular flexibility index (Phi) is 4.01. The van der Waals surface area contributed by atoms with E-state index in [9.17, 15) is 0 Å². The monoisotopic (exact) mass is 261 g/mol. The van der Waals surface area contributed by atoms with Gasteiger partial charge in [0, 0.05) is 58.6 Å². The molecule has 0 aliphatic carbocycles. The predicted molar refractivity (Wildman–Crippen MR) is 77.5 cm³/mol. The van der Waals surface area contributed by atoms with Crippen LogP contribution in [0, 0.1) is 0 Å². The van der Waals surface area contributed by atoms with Crippen molar-refractivity contribution >= 4 is 5.69 Å². The Balaban J connectivity index is 1.76. The van der Waals surface area contributed by atoms with Gasteiger partial charge in [-0.15, -0.1) is 0 Å². The van der Waals surface area contributed by atoms with E-state index < -0.39 is 0 Å². The summed E-state index contributed by atoms with van der Waals surface area (Å²) in [5.74, 6) is 0. The summed E-state index contributed by atoms with van der Waals surface area (Å²) in [5, 5.41) is 3.42. The number of benzene rings is 1. The first kappa shape index (κ1) is 12.9. The molecule has 1 aromatic rings. The molecule has 1 N–H and O–H groups in total. The van der Waals surface area contributed by atoms with Gasteiger partial charge in [0.2, 0.25) is 0 Å². The largest absolute Gasteiger partial charge is 0.383 e. The summed E-state index contributed by atoms with van der Waals surface area (Å²) < 4.78 is 5.19. The topological polar surface area (TPSA) is 27.7 Å². The summed E-state index contributed by atoms with van der Waals surface area (Å²) in [5.41, 5.74) is 4.46. The van der Waals surface area contributed by atoms with Crippen LogP contribution in [0.3, 0.4) is 0 Å². The molecular weight excluding hydrogens is 238 g/mol. The number of piperazine rings is 1. The summed E-state index contributed by atoms with van der Waals surface area (Å²) in [6.07, 6.45) is 0. The molecule has 0 spiro atoms. The normalized spacial score (nSPS) is 19.7. The van der Waals surface area contributed by atoms with Crippen LogP contribution in [0.25, 0.3) is 0 Å². The van der Waals surface area contributed by atoms with Crippen molar-refractivity contribution in [2.75, 3.05) is 51.3 Å².